The Balaban J connectivity index is 2.20. The van der Waals surface area contributed by atoms with E-state index in [2.05, 4.69) is 18.7 Å². The Morgan fingerprint density at radius 3 is 2.28 bits per heavy atom. The van der Waals surface area contributed by atoms with Crippen molar-refractivity contribution in [1.29, 1.82) is 0 Å². The van der Waals surface area contributed by atoms with Gasteiger partial charge in [-0.15, -0.1) is 0 Å². The highest BCUT2D eigenvalue weighted by Crippen LogP contribution is 2.38. The highest BCUT2D eigenvalue weighted by Gasteiger charge is 2.28. The van der Waals surface area contributed by atoms with Crippen LogP contribution in [-0.4, -0.2) is 93.7 Å². The van der Waals surface area contributed by atoms with Crippen molar-refractivity contribution in [2.45, 2.75) is 39.9 Å². The van der Waals surface area contributed by atoms with Gasteiger partial charge in [-0.2, -0.15) is 0 Å². The standard InChI is InChI=1S/C24H40N2O6/c1-16(2)12-26(14-19-13-25(8-9-32-19)15-20(27)17(3)4)24(28)18-10-21(29-5)23(31-7)22(11-18)30-6/h10-11,16-17,19-20,27H,8-9,12-15H2,1-7H3/t19-,20+/m1/s1. The molecular formula is C24H40N2O6. The molecule has 0 bridgehead atoms. The van der Waals surface area contributed by atoms with Gasteiger partial charge < -0.3 is 29.0 Å². The van der Waals surface area contributed by atoms with Crippen molar-refractivity contribution >= 4 is 5.91 Å². The molecule has 1 fully saturated rings. The van der Waals surface area contributed by atoms with Crippen LogP contribution in [0.25, 0.3) is 0 Å². The summed E-state index contributed by atoms with van der Waals surface area (Å²) in [4.78, 5) is 17.6. The molecule has 0 unspecified atom stereocenters. The number of aliphatic hydroxyl groups excluding tert-OH is 1. The second-order valence-corrected chi connectivity index (χ2v) is 9.08. The van der Waals surface area contributed by atoms with Crippen LogP contribution in [-0.2, 0) is 4.74 Å². The van der Waals surface area contributed by atoms with Gasteiger partial charge in [0.15, 0.2) is 11.5 Å². The van der Waals surface area contributed by atoms with Crippen LogP contribution in [0.2, 0.25) is 0 Å². The SMILES string of the molecule is COc1cc(C(=O)N(CC(C)C)C[C@H]2CN(C[C@H](O)C(C)C)CCO2)cc(OC)c1OC. The van der Waals surface area contributed by atoms with Gasteiger partial charge >= 0.3 is 0 Å². The van der Waals surface area contributed by atoms with Crippen LogP contribution in [0.3, 0.4) is 0 Å². The van der Waals surface area contributed by atoms with E-state index < -0.39 is 0 Å². The monoisotopic (exact) mass is 452 g/mol. The molecular weight excluding hydrogens is 412 g/mol. The van der Waals surface area contributed by atoms with Crippen LogP contribution in [0.4, 0.5) is 0 Å². The van der Waals surface area contributed by atoms with Crippen molar-refractivity contribution in [2.24, 2.45) is 11.8 Å². The largest absolute Gasteiger partial charge is 0.493 e. The fourth-order valence-corrected chi connectivity index (χ4v) is 3.85. The lowest BCUT2D eigenvalue weighted by Gasteiger charge is -2.37. The van der Waals surface area contributed by atoms with Crippen LogP contribution in [0.15, 0.2) is 12.1 Å². The molecule has 1 saturated heterocycles. The Hall–Kier alpha value is -2.03. The molecule has 1 amide bonds. The van der Waals surface area contributed by atoms with E-state index in [0.29, 0.717) is 61.5 Å². The van der Waals surface area contributed by atoms with Gasteiger partial charge in [-0.05, 0) is 24.0 Å². The first-order valence-electron chi connectivity index (χ1n) is 11.3. The van der Waals surface area contributed by atoms with E-state index in [9.17, 15) is 9.90 Å². The number of β-amino-alcohol motifs (C(OH)–C–C–N with tert-alkyl or cyclic N) is 1. The molecule has 2 rings (SSSR count). The van der Waals surface area contributed by atoms with Crippen molar-refractivity contribution in [3.8, 4) is 17.2 Å². The molecule has 1 N–H and O–H groups in total. The lowest BCUT2D eigenvalue weighted by molar-refractivity contribution is -0.0547. The molecule has 0 aromatic heterocycles. The molecule has 0 radical (unpaired) electrons. The number of hydrogen-bond acceptors (Lipinski definition) is 7. The topological polar surface area (TPSA) is 80.7 Å². The summed E-state index contributed by atoms with van der Waals surface area (Å²) in [6.07, 6.45) is -0.491. The number of ether oxygens (including phenoxy) is 4. The van der Waals surface area contributed by atoms with Gasteiger partial charge in [0, 0.05) is 38.3 Å². The third kappa shape index (κ3) is 6.98. The van der Waals surface area contributed by atoms with Crippen molar-refractivity contribution < 1.29 is 28.8 Å². The molecule has 0 saturated carbocycles. The second-order valence-electron chi connectivity index (χ2n) is 9.08. The predicted molar refractivity (Wildman–Crippen MR) is 124 cm³/mol. The van der Waals surface area contributed by atoms with Gasteiger partial charge in [0.2, 0.25) is 5.75 Å². The number of carbonyl (C=O) groups excluding carboxylic acids is 1. The molecule has 182 valence electrons. The summed E-state index contributed by atoms with van der Waals surface area (Å²) in [5.41, 5.74) is 0.475. The van der Waals surface area contributed by atoms with Gasteiger partial charge in [0.25, 0.3) is 5.91 Å². The minimum Gasteiger partial charge on any atom is -0.493 e. The van der Waals surface area contributed by atoms with E-state index >= 15 is 0 Å². The van der Waals surface area contributed by atoms with Gasteiger partial charge in [0.05, 0.1) is 40.1 Å². The maximum Gasteiger partial charge on any atom is 0.254 e. The number of carbonyl (C=O) groups is 1. The van der Waals surface area contributed by atoms with Crippen LogP contribution < -0.4 is 14.2 Å². The fraction of sp³-hybridized carbons (Fsp3) is 0.708. The highest BCUT2D eigenvalue weighted by molar-refractivity contribution is 5.95. The molecule has 1 aromatic rings. The van der Waals surface area contributed by atoms with Crippen LogP contribution in [0.1, 0.15) is 38.1 Å². The summed E-state index contributed by atoms with van der Waals surface area (Å²) in [5, 5.41) is 10.3. The Morgan fingerprint density at radius 2 is 1.78 bits per heavy atom. The minimum absolute atomic E-state index is 0.110. The summed E-state index contributed by atoms with van der Waals surface area (Å²) >= 11 is 0. The quantitative estimate of drug-likeness (QED) is 0.553. The summed E-state index contributed by atoms with van der Waals surface area (Å²) in [6.45, 7) is 11.9. The van der Waals surface area contributed by atoms with Crippen LogP contribution in [0, 0.1) is 11.8 Å². The van der Waals surface area contributed by atoms with Crippen molar-refractivity contribution in [2.75, 3.05) is 60.7 Å². The maximum atomic E-state index is 13.5. The molecule has 8 nitrogen and oxygen atoms in total. The van der Waals surface area contributed by atoms with Crippen molar-refractivity contribution in [1.82, 2.24) is 9.80 Å². The van der Waals surface area contributed by atoms with Crippen LogP contribution >= 0.6 is 0 Å². The van der Waals surface area contributed by atoms with E-state index in [4.69, 9.17) is 18.9 Å². The molecule has 8 heteroatoms. The van der Waals surface area contributed by atoms with Crippen LogP contribution in [0.5, 0.6) is 17.2 Å². The van der Waals surface area contributed by atoms with Crippen molar-refractivity contribution in [3.05, 3.63) is 17.7 Å². The van der Waals surface area contributed by atoms with Gasteiger partial charge in [-0.3, -0.25) is 9.69 Å². The van der Waals surface area contributed by atoms with E-state index in [1.54, 1.807) is 12.1 Å². The Labute approximate surface area is 192 Å². The van der Waals surface area contributed by atoms with E-state index in [0.717, 1.165) is 6.54 Å². The van der Waals surface area contributed by atoms with Gasteiger partial charge in [-0.1, -0.05) is 27.7 Å². The zero-order valence-electron chi connectivity index (χ0n) is 20.6. The van der Waals surface area contributed by atoms with E-state index in [-0.39, 0.29) is 24.0 Å². The Bertz CT molecular complexity index is 714. The number of nitrogens with zero attached hydrogens (tertiary/aromatic N) is 2. The average molecular weight is 453 g/mol. The third-order valence-corrected chi connectivity index (χ3v) is 5.65. The number of aliphatic hydroxyl groups is 1. The first kappa shape index (κ1) is 26.2. The summed E-state index contributed by atoms with van der Waals surface area (Å²) in [5.74, 6) is 1.74. The maximum absolute atomic E-state index is 13.5. The van der Waals surface area contributed by atoms with E-state index in [1.165, 1.54) is 21.3 Å². The third-order valence-electron chi connectivity index (χ3n) is 5.65. The van der Waals surface area contributed by atoms with Gasteiger partial charge in [0.1, 0.15) is 0 Å². The summed E-state index contributed by atoms with van der Waals surface area (Å²) in [7, 11) is 4.61. The molecule has 2 atom stereocenters. The number of hydrogen-bond donors (Lipinski definition) is 1. The highest BCUT2D eigenvalue weighted by atomic mass is 16.5. The molecule has 1 heterocycles. The summed E-state index contributed by atoms with van der Waals surface area (Å²) in [6, 6.07) is 3.37. The molecule has 1 aromatic carbocycles. The smallest absolute Gasteiger partial charge is 0.254 e. The molecule has 1 aliphatic heterocycles. The number of benzene rings is 1. The number of amides is 1. The molecule has 32 heavy (non-hydrogen) atoms. The zero-order valence-corrected chi connectivity index (χ0v) is 20.6. The zero-order chi connectivity index (χ0) is 23.8. The summed E-state index contributed by atoms with van der Waals surface area (Å²) < 4.78 is 22.2. The van der Waals surface area contributed by atoms with Crippen molar-refractivity contribution in [3.63, 3.8) is 0 Å². The van der Waals surface area contributed by atoms with Gasteiger partial charge in [-0.25, -0.2) is 0 Å². The first-order chi connectivity index (χ1) is 15.2. The lowest BCUT2D eigenvalue weighted by Crippen LogP contribution is -2.51. The molecule has 0 spiro atoms. The first-order valence-corrected chi connectivity index (χ1v) is 11.3. The molecule has 1 aliphatic rings. The predicted octanol–water partition coefficient (Wildman–Crippen LogP) is 2.53. The average Bonchev–Trinajstić information content (AvgIpc) is 2.76. The second kappa shape index (κ2) is 12.3. The Kier molecular flexibility index (Phi) is 10.1. The minimum atomic E-state index is -0.374. The number of morpholine rings is 1. The number of methoxy groups -OCH3 is 3. The Morgan fingerprint density at radius 1 is 1.16 bits per heavy atom. The molecule has 0 aliphatic carbocycles. The normalized spacial score (nSPS) is 18.0. The fourth-order valence-electron chi connectivity index (χ4n) is 3.85. The number of rotatable bonds is 11. The lowest BCUT2D eigenvalue weighted by atomic mass is 10.1. The van der Waals surface area contributed by atoms with E-state index in [1.807, 2.05) is 18.7 Å².